The number of aryl methyl sites for hydroxylation is 1. The van der Waals surface area contributed by atoms with Crippen molar-refractivity contribution in [2.24, 2.45) is 7.05 Å². The van der Waals surface area contributed by atoms with E-state index in [9.17, 15) is 0 Å². The van der Waals surface area contributed by atoms with Crippen LogP contribution in [0.5, 0.6) is 0 Å². The number of rotatable bonds is 3. The van der Waals surface area contributed by atoms with E-state index >= 15 is 0 Å². The molecule has 1 aromatic heterocycles. The predicted octanol–water partition coefficient (Wildman–Crippen LogP) is 1.30. The van der Waals surface area contributed by atoms with Crippen LogP contribution in [-0.4, -0.2) is 14.8 Å². The molecule has 4 nitrogen and oxygen atoms in total. The van der Waals surface area contributed by atoms with E-state index in [0.29, 0.717) is 11.9 Å². The quantitative estimate of drug-likeness (QED) is 0.740. The molecule has 2 N–H and O–H groups in total. The molecular formula is C8H16N4. The van der Waals surface area contributed by atoms with Crippen molar-refractivity contribution in [2.45, 2.75) is 32.6 Å². The van der Waals surface area contributed by atoms with Gasteiger partial charge in [-0.3, -0.25) is 4.68 Å². The van der Waals surface area contributed by atoms with Gasteiger partial charge in [0.15, 0.2) is 0 Å². The van der Waals surface area contributed by atoms with Crippen molar-refractivity contribution in [2.75, 3.05) is 5.73 Å². The predicted molar refractivity (Wildman–Crippen MR) is 48.7 cm³/mol. The van der Waals surface area contributed by atoms with Crippen LogP contribution in [0.3, 0.4) is 0 Å². The molecular weight excluding hydrogens is 152 g/mol. The van der Waals surface area contributed by atoms with E-state index in [1.165, 1.54) is 0 Å². The van der Waals surface area contributed by atoms with E-state index in [1.807, 2.05) is 7.05 Å². The minimum Gasteiger partial charge on any atom is -0.366 e. The number of hydrogen-bond acceptors (Lipinski definition) is 3. The maximum atomic E-state index is 5.47. The van der Waals surface area contributed by atoms with E-state index in [-0.39, 0.29) is 0 Å². The number of nitrogens with two attached hydrogens (primary N) is 1. The van der Waals surface area contributed by atoms with Gasteiger partial charge in [-0.15, -0.1) is 5.10 Å². The molecule has 0 saturated carbocycles. The van der Waals surface area contributed by atoms with E-state index < -0.39 is 0 Å². The fourth-order valence-corrected chi connectivity index (χ4v) is 1.41. The van der Waals surface area contributed by atoms with E-state index in [4.69, 9.17) is 5.73 Å². The summed E-state index contributed by atoms with van der Waals surface area (Å²) in [7, 11) is 1.88. The Bertz CT molecular complexity index is 254. The van der Waals surface area contributed by atoms with Gasteiger partial charge in [0, 0.05) is 13.0 Å². The molecule has 1 unspecified atom stereocenters. The van der Waals surface area contributed by atoms with Crippen LogP contribution in [0.15, 0.2) is 0 Å². The van der Waals surface area contributed by atoms with Crippen LogP contribution < -0.4 is 5.73 Å². The number of anilines is 1. The monoisotopic (exact) mass is 168 g/mol. The Morgan fingerprint density at radius 1 is 1.58 bits per heavy atom. The first-order valence-corrected chi connectivity index (χ1v) is 4.31. The second-order valence-electron chi connectivity index (χ2n) is 3.14. The van der Waals surface area contributed by atoms with Crippen molar-refractivity contribution in [3.8, 4) is 0 Å². The Hall–Kier alpha value is -1.06. The summed E-state index contributed by atoms with van der Waals surface area (Å²) in [6, 6.07) is 0. The topological polar surface area (TPSA) is 56.7 Å². The lowest BCUT2D eigenvalue weighted by Gasteiger charge is -2.07. The number of nitrogen functional groups attached to an aromatic ring is 1. The fourth-order valence-electron chi connectivity index (χ4n) is 1.41. The van der Waals surface area contributed by atoms with Crippen molar-refractivity contribution >= 4 is 5.95 Å². The standard InChI is InChI=1S/C8H16N4/c1-4-5-6(2)7-10-8(9)11-12(7)3/h6H,4-5H2,1-3H3,(H2,9,11). The van der Waals surface area contributed by atoms with Crippen LogP contribution in [0.25, 0.3) is 0 Å². The molecule has 0 aliphatic rings. The van der Waals surface area contributed by atoms with Crippen molar-refractivity contribution in [1.29, 1.82) is 0 Å². The number of aromatic nitrogens is 3. The molecule has 0 aliphatic heterocycles. The van der Waals surface area contributed by atoms with Crippen LogP contribution >= 0.6 is 0 Å². The third kappa shape index (κ3) is 1.75. The van der Waals surface area contributed by atoms with Gasteiger partial charge >= 0.3 is 0 Å². The van der Waals surface area contributed by atoms with E-state index in [0.717, 1.165) is 18.7 Å². The Labute approximate surface area is 72.8 Å². The summed E-state index contributed by atoms with van der Waals surface area (Å²) in [5.74, 6) is 1.80. The zero-order valence-electron chi connectivity index (χ0n) is 7.91. The van der Waals surface area contributed by atoms with Gasteiger partial charge in [-0.25, -0.2) is 0 Å². The Morgan fingerprint density at radius 2 is 2.25 bits per heavy atom. The minimum absolute atomic E-state index is 0.371. The SMILES string of the molecule is CCCC(C)c1nc(N)nn1C. The Balaban J connectivity index is 2.79. The molecule has 1 rings (SSSR count). The summed E-state index contributed by atoms with van der Waals surface area (Å²) in [5.41, 5.74) is 5.47. The molecule has 0 saturated heterocycles. The maximum Gasteiger partial charge on any atom is 0.239 e. The van der Waals surface area contributed by atoms with Crippen molar-refractivity contribution in [3.05, 3.63) is 5.82 Å². The average molecular weight is 168 g/mol. The molecule has 0 bridgehead atoms. The lowest BCUT2D eigenvalue weighted by Crippen LogP contribution is -2.03. The molecule has 1 heterocycles. The summed E-state index contributed by atoms with van der Waals surface area (Å²) < 4.78 is 1.76. The van der Waals surface area contributed by atoms with Crippen LogP contribution in [-0.2, 0) is 7.05 Å². The van der Waals surface area contributed by atoms with Gasteiger partial charge in [0.1, 0.15) is 5.82 Å². The second-order valence-corrected chi connectivity index (χ2v) is 3.14. The van der Waals surface area contributed by atoms with E-state index in [2.05, 4.69) is 23.9 Å². The lowest BCUT2D eigenvalue weighted by atomic mass is 10.1. The zero-order chi connectivity index (χ0) is 9.14. The summed E-state index contributed by atoms with van der Waals surface area (Å²) in [5, 5.41) is 4.00. The molecule has 0 fully saturated rings. The molecule has 0 radical (unpaired) electrons. The summed E-state index contributed by atoms with van der Waals surface area (Å²) >= 11 is 0. The van der Waals surface area contributed by atoms with Gasteiger partial charge in [-0.05, 0) is 6.42 Å². The average Bonchev–Trinajstić information content (AvgIpc) is 2.30. The van der Waals surface area contributed by atoms with Gasteiger partial charge in [-0.2, -0.15) is 4.98 Å². The third-order valence-electron chi connectivity index (χ3n) is 1.98. The highest BCUT2D eigenvalue weighted by Crippen LogP contribution is 2.18. The second kappa shape index (κ2) is 3.56. The molecule has 0 aliphatic carbocycles. The highest BCUT2D eigenvalue weighted by atomic mass is 15.4. The first-order valence-electron chi connectivity index (χ1n) is 4.31. The van der Waals surface area contributed by atoms with Crippen molar-refractivity contribution in [1.82, 2.24) is 14.8 Å². The minimum atomic E-state index is 0.371. The van der Waals surface area contributed by atoms with Crippen molar-refractivity contribution in [3.63, 3.8) is 0 Å². The van der Waals surface area contributed by atoms with Crippen LogP contribution in [0.1, 0.15) is 38.4 Å². The van der Waals surface area contributed by atoms with Crippen LogP contribution in [0, 0.1) is 0 Å². The first kappa shape index (κ1) is 9.03. The summed E-state index contributed by atoms with van der Waals surface area (Å²) in [6.45, 7) is 4.31. The highest BCUT2D eigenvalue weighted by molar-refractivity contribution is 5.15. The summed E-state index contributed by atoms with van der Waals surface area (Å²) in [4.78, 5) is 4.16. The normalized spacial score (nSPS) is 13.2. The summed E-state index contributed by atoms with van der Waals surface area (Å²) in [6.07, 6.45) is 2.29. The molecule has 0 amide bonds. The third-order valence-corrected chi connectivity index (χ3v) is 1.98. The number of hydrogen-bond donors (Lipinski definition) is 1. The van der Waals surface area contributed by atoms with Gasteiger partial charge in [-0.1, -0.05) is 20.3 Å². The number of nitrogens with zero attached hydrogens (tertiary/aromatic N) is 3. The van der Waals surface area contributed by atoms with Gasteiger partial charge < -0.3 is 5.73 Å². The molecule has 0 spiro atoms. The smallest absolute Gasteiger partial charge is 0.239 e. The highest BCUT2D eigenvalue weighted by Gasteiger charge is 2.11. The van der Waals surface area contributed by atoms with E-state index in [1.54, 1.807) is 4.68 Å². The molecule has 12 heavy (non-hydrogen) atoms. The van der Waals surface area contributed by atoms with Crippen LogP contribution in [0.2, 0.25) is 0 Å². The van der Waals surface area contributed by atoms with Gasteiger partial charge in [0.05, 0.1) is 0 Å². The lowest BCUT2D eigenvalue weighted by molar-refractivity contribution is 0.580. The molecule has 1 atom stereocenters. The molecule has 0 aromatic carbocycles. The Morgan fingerprint density at radius 3 is 2.67 bits per heavy atom. The molecule has 68 valence electrons. The molecule has 1 aromatic rings. The zero-order valence-corrected chi connectivity index (χ0v) is 7.91. The Kier molecular flexibility index (Phi) is 2.68. The van der Waals surface area contributed by atoms with Crippen molar-refractivity contribution < 1.29 is 0 Å². The fraction of sp³-hybridized carbons (Fsp3) is 0.750. The largest absolute Gasteiger partial charge is 0.366 e. The van der Waals surface area contributed by atoms with Crippen LogP contribution in [0.4, 0.5) is 5.95 Å². The van der Waals surface area contributed by atoms with Gasteiger partial charge in [0.2, 0.25) is 5.95 Å². The van der Waals surface area contributed by atoms with Gasteiger partial charge in [0.25, 0.3) is 0 Å². The first-order chi connectivity index (χ1) is 5.65. The maximum absolute atomic E-state index is 5.47. The molecule has 4 heteroatoms.